The summed E-state index contributed by atoms with van der Waals surface area (Å²) in [4.78, 5) is 16.0. The molecule has 0 bridgehead atoms. The van der Waals surface area contributed by atoms with E-state index < -0.39 is 0 Å². The Morgan fingerprint density at radius 2 is 2.33 bits per heavy atom. The van der Waals surface area contributed by atoms with Gasteiger partial charge in [-0.2, -0.15) is 5.26 Å². The van der Waals surface area contributed by atoms with E-state index in [-0.39, 0.29) is 5.97 Å². The van der Waals surface area contributed by atoms with Crippen molar-refractivity contribution in [3.8, 4) is 6.07 Å². The van der Waals surface area contributed by atoms with E-state index in [1.807, 2.05) is 0 Å². The van der Waals surface area contributed by atoms with Gasteiger partial charge in [0.2, 0.25) is 0 Å². The molecule has 0 aliphatic heterocycles. The molecule has 0 aromatic carbocycles. The number of pyridine rings is 1. The Bertz CT molecular complexity index is 513. The minimum Gasteiger partial charge on any atom is -0.462 e. The van der Waals surface area contributed by atoms with E-state index in [0.29, 0.717) is 29.3 Å². The largest absolute Gasteiger partial charge is 0.462 e. The van der Waals surface area contributed by atoms with E-state index in [1.54, 1.807) is 20.0 Å². The fourth-order valence-corrected chi connectivity index (χ4v) is 2.26. The van der Waals surface area contributed by atoms with Gasteiger partial charge in [-0.05, 0) is 38.2 Å². The van der Waals surface area contributed by atoms with Crippen molar-refractivity contribution in [1.29, 1.82) is 5.26 Å². The average Bonchev–Trinajstić information content (AvgIpc) is 2.27. The Morgan fingerprint density at radius 3 is 2.83 bits per heavy atom. The van der Waals surface area contributed by atoms with E-state index in [0.717, 1.165) is 24.8 Å². The minimum absolute atomic E-state index is 0.306. The van der Waals surface area contributed by atoms with E-state index in [9.17, 15) is 10.1 Å². The summed E-state index contributed by atoms with van der Waals surface area (Å²) in [6.07, 6.45) is 4.76. The van der Waals surface area contributed by atoms with Crippen LogP contribution in [0.2, 0.25) is 0 Å². The maximum Gasteiger partial charge on any atom is 0.340 e. The summed E-state index contributed by atoms with van der Waals surface area (Å²) in [5.41, 5.74) is 2.54. The van der Waals surface area contributed by atoms with Crippen molar-refractivity contribution in [2.24, 2.45) is 0 Å². The third-order valence-corrected chi connectivity index (χ3v) is 3.43. The molecule has 94 valence electrons. The number of hydrogen-bond donors (Lipinski definition) is 0. The van der Waals surface area contributed by atoms with Crippen molar-refractivity contribution in [2.75, 3.05) is 6.61 Å². The lowest BCUT2D eigenvalue weighted by Gasteiger charge is -2.28. The van der Waals surface area contributed by atoms with Crippen LogP contribution in [0.5, 0.6) is 0 Å². The van der Waals surface area contributed by atoms with E-state index in [4.69, 9.17) is 4.74 Å². The zero-order valence-corrected chi connectivity index (χ0v) is 10.7. The number of rotatable bonds is 3. The Labute approximate surface area is 107 Å². The molecule has 4 nitrogen and oxygen atoms in total. The summed E-state index contributed by atoms with van der Waals surface area (Å²) in [5.74, 6) is -0.0656. The summed E-state index contributed by atoms with van der Waals surface area (Å²) in [6.45, 7) is 3.90. The number of esters is 1. The first-order valence-corrected chi connectivity index (χ1v) is 6.25. The van der Waals surface area contributed by atoms with Gasteiger partial charge in [0.05, 0.1) is 23.4 Å². The molecule has 1 aromatic rings. The molecule has 2 rings (SSSR count). The Balaban J connectivity index is 2.51. The van der Waals surface area contributed by atoms with Gasteiger partial charge in [0, 0.05) is 6.20 Å². The van der Waals surface area contributed by atoms with Gasteiger partial charge >= 0.3 is 5.97 Å². The molecule has 1 aliphatic rings. The Kier molecular flexibility index (Phi) is 3.61. The number of carbonyl (C=O) groups is 1. The molecular weight excluding hydrogens is 228 g/mol. The maximum absolute atomic E-state index is 11.9. The number of aromatic nitrogens is 1. The zero-order chi connectivity index (χ0) is 13.1. The molecular formula is C14H16N2O2. The first kappa shape index (κ1) is 12.6. The van der Waals surface area contributed by atoms with Crippen LogP contribution in [0.3, 0.4) is 0 Å². The lowest BCUT2D eigenvalue weighted by molar-refractivity contribution is 0.0523. The fraction of sp³-hybridized carbons (Fsp3) is 0.500. The summed E-state index contributed by atoms with van der Waals surface area (Å²) in [7, 11) is 0. The van der Waals surface area contributed by atoms with Crippen LogP contribution in [-0.2, 0) is 4.74 Å². The molecule has 0 atom stereocenters. The molecule has 1 heterocycles. The first-order valence-electron chi connectivity index (χ1n) is 6.25. The highest BCUT2D eigenvalue weighted by molar-refractivity contribution is 5.92. The Morgan fingerprint density at radius 1 is 1.61 bits per heavy atom. The van der Waals surface area contributed by atoms with E-state index >= 15 is 0 Å². The number of nitriles is 1. The van der Waals surface area contributed by atoms with Crippen LogP contribution in [0.15, 0.2) is 6.20 Å². The molecule has 0 N–H and O–H groups in total. The van der Waals surface area contributed by atoms with Gasteiger partial charge in [-0.15, -0.1) is 0 Å². The predicted octanol–water partition coefficient (Wildman–Crippen LogP) is 2.71. The molecule has 4 heteroatoms. The summed E-state index contributed by atoms with van der Waals surface area (Å²) < 4.78 is 5.04. The maximum atomic E-state index is 11.9. The van der Waals surface area contributed by atoms with Gasteiger partial charge in [0.1, 0.15) is 6.07 Å². The first-order chi connectivity index (χ1) is 8.69. The zero-order valence-electron chi connectivity index (χ0n) is 10.7. The number of carbonyl (C=O) groups excluding carboxylic acids is 1. The summed E-state index contributed by atoms with van der Waals surface area (Å²) in [6, 6.07) is 2.18. The van der Waals surface area contributed by atoms with Crippen LogP contribution >= 0.6 is 0 Å². The van der Waals surface area contributed by atoms with E-state index in [2.05, 4.69) is 11.1 Å². The van der Waals surface area contributed by atoms with Gasteiger partial charge in [0.25, 0.3) is 0 Å². The third-order valence-electron chi connectivity index (χ3n) is 3.43. The lowest BCUT2D eigenvalue weighted by Crippen LogP contribution is -2.18. The topological polar surface area (TPSA) is 63.0 Å². The summed E-state index contributed by atoms with van der Waals surface area (Å²) in [5, 5.41) is 9.26. The van der Waals surface area contributed by atoms with Crippen LogP contribution in [0.1, 0.15) is 59.3 Å². The smallest absolute Gasteiger partial charge is 0.340 e. The van der Waals surface area contributed by atoms with Gasteiger partial charge in [0.15, 0.2) is 0 Å². The van der Waals surface area contributed by atoms with Crippen LogP contribution in [0.4, 0.5) is 0 Å². The van der Waals surface area contributed by atoms with Crippen LogP contribution in [0.25, 0.3) is 0 Å². The van der Waals surface area contributed by atoms with Crippen molar-refractivity contribution < 1.29 is 9.53 Å². The average molecular weight is 244 g/mol. The second kappa shape index (κ2) is 5.18. The molecule has 1 saturated carbocycles. The normalized spacial score (nSPS) is 14.7. The van der Waals surface area contributed by atoms with Crippen molar-refractivity contribution >= 4 is 5.97 Å². The quantitative estimate of drug-likeness (QED) is 0.767. The molecule has 0 spiro atoms. The molecule has 18 heavy (non-hydrogen) atoms. The fourth-order valence-electron chi connectivity index (χ4n) is 2.26. The molecule has 1 aromatic heterocycles. The van der Waals surface area contributed by atoms with Crippen molar-refractivity contribution in [3.05, 3.63) is 28.6 Å². The highest BCUT2D eigenvalue weighted by Gasteiger charge is 2.29. The molecule has 0 radical (unpaired) electrons. The number of hydrogen-bond acceptors (Lipinski definition) is 4. The van der Waals surface area contributed by atoms with Crippen molar-refractivity contribution in [2.45, 2.75) is 39.0 Å². The molecule has 0 saturated heterocycles. The van der Waals surface area contributed by atoms with Gasteiger partial charge in [-0.25, -0.2) is 4.79 Å². The molecule has 0 amide bonds. The summed E-state index contributed by atoms with van der Waals surface area (Å²) >= 11 is 0. The minimum atomic E-state index is -0.372. The van der Waals surface area contributed by atoms with Gasteiger partial charge in [-0.3, -0.25) is 4.98 Å². The highest BCUT2D eigenvalue weighted by Crippen LogP contribution is 2.40. The molecule has 1 fully saturated rings. The second-order valence-electron chi connectivity index (χ2n) is 4.51. The standard InChI is InChI=1S/C14H16N2O2/c1-3-18-14(17)12-8-16-9(2)11(7-15)13(12)10-5-4-6-10/h8,10H,3-6H2,1-2H3. The van der Waals surface area contributed by atoms with Crippen LogP contribution in [-0.4, -0.2) is 17.6 Å². The molecule has 0 unspecified atom stereocenters. The van der Waals surface area contributed by atoms with Crippen molar-refractivity contribution in [3.63, 3.8) is 0 Å². The predicted molar refractivity (Wildman–Crippen MR) is 66.2 cm³/mol. The van der Waals surface area contributed by atoms with Crippen molar-refractivity contribution in [1.82, 2.24) is 4.98 Å². The number of nitrogens with zero attached hydrogens (tertiary/aromatic N) is 2. The van der Waals surface area contributed by atoms with E-state index in [1.165, 1.54) is 0 Å². The van der Waals surface area contributed by atoms with Crippen LogP contribution < -0.4 is 0 Å². The monoisotopic (exact) mass is 244 g/mol. The van der Waals surface area contributed by atoms with Crippen LogP contribution in [0, 0.1) is 18.3 Å². The van der Waals surface area contributed by atoms with Gasteiger partial charge < -0.3 is 4.74 Å². The third kappa shape index (κ3) is 2.08. The number of aryl methyl sites for hydroxylation is 1. The number of ether oxygens (including phenoxy) is 1. The lowest BCUT2D eigenvalue weighted by atomic mass is 9.76. The molecule has 1 aliphatic carbocycles. The SMILES string of the molecule is CCOC(=O)c1cnc(C)c(C#N)c1C1CCC1. The highest BCUT2D eigenvalue weighted by atomic mass is 16.5. The Hall–Kier alpha value is -1.89. The van der Waals surface area contributed by atoms with Gasteiger partial charge in [-0.1, -0.05) is 6.42 Å². The second-order valence-corrected chi connectivity index (χ2v) is 4.51.